The summed E-state index contributed by atoms with van der Waals surface area (Å²) in [7, 11) is 0. The Labute approximate surface area is 113 Å². The smallest absolute Gasteiger partial charge is 0.311 e. The SMILES string of the molecule is O=C(c1cnsn1)N1C[C@H]2COCC[C@@]2(C(=O)O)C1. The van der Waals surface area contributed by atoms with Gasteiger partial charge in [-0.05, 0) is 6.42 Å². The Morgan fingerprint density at radius 2 is 2.42 bits per heavy atom. The molecule has 2 saturated heterocycles. The lowest BCUT2D eigenvalue weighted by Crippen LogP contribution is -2.45. The van der Waals surface area contributed by atoms with Crippen LogP contribution in [0.1, 0.15) is 16.9 Å². The number of carboxylic acid groups (broad SMARTS) is 1. The normalized spacial score (nSPS) is 30.1. The molecule has 1 aromatic rings. The van der Waals surface area contributed by atoms with Gasteiger partial charge < -0.3 is 14.7 Å². The minimum atomic E-state index is -0.864. The van der Waals surface area contributed by atoms with Crippen LogP contribution in [0.3, 0.4) is 0 Å². The maximum Gasteiger partial charge on any atom is 0.311 e. The number of hydrogen-bond acceptors (Lipinski definition) is 6. The second-order valence-corrected chi connectivity index (χ2v) is 5.52. The molecule has 1 N–H and O–H groups in total. The van der Waals surface area contributed by atoms with Crippen LogP contribution in [0, 0.1) is 11.3 Å². The second kappa shape index (κ2) is 4.53. The Kier molecular flexibility index (Phi) is 2.98. The summed E-state index contributed by atoms with van der Waals surface area (Å²) in [4.78, 5) is 25.4. The van der Waals surface area contributed by atoms with Crippen LogP contribution in [-0.2, 0) is 9.53 Å². The Hall–Kier alpha value is -1.54. The Balaban J connectivity index is 1.84. The first-order chi connectivity index (χ1) is 9.13. The van der Waals surface area contributed by atoms with Crippen molar-refractivity contribution in [1.82, 2.24) is 13.6 Å². The van der Waals surface area contributed by atoms with Crippen LogP contribution in [0.15, 0.2) is 6.20 Å². The molecule has 2 fully saturated rings. The molecule has 0 spiro atoms. The van der Waals surface area contributed by atoms with Gasteiger partial charge in [0.1, 0.15) is 0 Å². The monoisotopic (exact) mass is 283 g/mol. The van der Waals surface area contributed by atoms with Gasteiger partial charge in [0.2, 0.25) is 0 Å². The molecule has 2 aliphatic heterocycles. The first-order valence-corrected chi connectivity index (χ1v) is 6.74. The van der Waals surface area contributed by atoms with Crippen molar-refractivity contribution in [2.45, 2.75) is 6.42 Å². The van der Waals surface area contributed by atoms with Crippen molar-refractivity contribution in [3.8, 4) is 0 Å². The van der Waals surface area contributed by atoms with E-state index in [0.717, 1.165) is 11.7 Å². The fraction of sp³-hybridized carbons (Fsp3) is 0.636. The number of ether oxygens (including phenoxy) is 1. The van der Waals surface area contributed by atoms with E-state index in [1.54, 1.807) is 4.90 Å². The summed E-state index contributed by atoms with van der Waals surface area (Å²) in [6.07, 6.45) is 1.87. The fourth-order valence-corrected chi connectivity index (χ4v) is 3.28. The maximum absolute atomic E-state index is 12.2. The molecule has 0 aliphatic carbocycles. The van der Waals surface area contributed by atoms with E-state index in [1.165, 1.54) is 6.20 Å². The molecular weight excluding hydrogens is 270 g/mol. The fourth-order valence-electron chi connectivity index (χ4n) is 2.88. The Bertz CT molecular complexity index is 506. The molecule has 2 atom stereocenters. The highest BCUT2D eigenvalue weighted by Gasteiger charge is 2.55. The van der Waals surface area contributed by atoms with Crippen molar-refractivity contribution in [3.05, 3.63) is 11.9 Å². The van der Waals surface area contributed by atoms with E-state index >= 15 is 0 Å². The number of carboxylic acids is 1. The predicted molar refractivity (Wildman–Crippen MR) is 64.8 cm³/mol. The lowest BCUT2D eigenvalue weighted by molar-refractivity contribution is -0.157. The summed E-state index contributed by atoms with van der Waals surface area (Å²) >= 11 is 0.969. The number of hydrogen-bond donors (Lipinski definition) is 1. The number of rotatable bonds is 2. The van der Waals surface area contributed by atoms with Gasteiger partial charge >= 0.3 is 5.97 Å². The molecule has 0 radical (unpaired) electrons. The van der Waals surface area contributed by atoms with Gasteiger partial charge in [-0.15, -0.1) is 0 Å². The van der Waals surface area contributed by atoms with E-state index in [4.69, 9.17) is 4.74 Å². The maximum atomic E-state index is 12.2. The number of carbonyl (C=O) groups is 2. The van der Waals surface area contributed by atoms with E-state index in [0.29, 0.717) is 26.2 Å². The standard InChI is InChI=1S/C11H13N3O4S/c15-9(8-3-12-19-13-8)14-4-7-5-18-2-1-11(7,6-14)10(16)17/h3,7H,1-2,4-6H2,(H,16,17)/t7-,11+/m0/s1. The van der Waals surface area contributed by atoms with Gasteiger partial charge in [0.05, 0.1) is 29.9 Å². The third kappa shape index (κ3) is 1.91. The number of aliphatic carboxylic acids is 1. The lowest BCUT2D eigenvalue weighted by atomic mass is 9.74. The van der Waals surface area contributed by atoms with Gasteiger partial charge in [-0.25, -0.2) is 0 Å². The first kappa shape index (κ1) is 12.5. The quantitative estimate of drug-likeness (QED) is 0.827. The molecule has 0 unspecified atom stereocenters. The van der Waals surface area contributed by atoms with Crippen LogP contribution in [0.5, 0.6) is 0 Å². The number of aromatic nitrogens is 2. The van der Waals surface area contributed by atoms with E-state index in [1.807, 2.05) is 0 Å². The van der Waals surface area contributed by atoms with Crippen molar-refractivity contribution in [2.24, 2.45) is 11.3 Å². The number of likely N-dealkylation sites (tertiary alicyclic amines) is 1. The predicted octanol–water partition coefficient (Wildman–Crippen LogP) is 0.101. The third-order valence-corrected chi connectivity index (χ3v) is 4.48. The molecule has 102 valence electrons. The molecule has 2 aliphatic rings. The first-order valence-electron chi connectivity index (χ1n) is 6.01. The second-order valence-electron chi connectivity index (χ2n) is 4.96. The van der Waals surface area contributed by atoms with Crippen LogP contribution in [-0.4, -0.2) is 56.9 Å². The number of carbonyl (C=O) groups excluding carboxylic acids is 1. The van der Waals surface area contributed by atoms with Crippen LogP contribution in [0.2, 0.25) is 0 Å². The summed E-state index contributed by atoms with van der Waals surface area (Å²) in [6, 6.07) is 0. The van der Waals surface area contributed by atoms with E-state index in [-0.39, 0.29) is 24.1 Å². The molecule has 3 rings (SSSR count). The molecule has 19 heavy (non-hydrogen) atoms. The van der Waals surface area contributed by atoms with Gasteiger partial charge in [0.15, 0.2) is 5.69 Å². The van der Waals surface area contributed by atoms with Crippen molar-refractivity contribution < 1.29 is 19.4 Å². The molecule has 3 heterocycles. The average molecular weight is 283 g/mol. The molecule has 8 heteroatoms. The highest BCUT2D eigenvalue weighted by Crippen LogP contribution is 2.42. The topological polar surface area (TPSA) is 92.6 Å². The summed E-state index contributed by atoms with van der Waals surface area (Å²) < 4.78 is 13.1. The van der Waals surface area contributed by atoms with E-state index in [9.17, 15) is 14.7 Å². The molecular formula is C11H13N3O4S. The number of fused-ring (bicyclic) bond motifs is 1. The van der Waals surface area contributed by atoms with Crippen molar-refractivity contribution in [3.63, 3.8) is 0 Å². The summed E-state index contributed by atoms with van der Waals surface area (Å²) in [5, 5.41) is 9.51. The number of nitrogens with zero attached hydrogens (tertiary/aromatic N) is 3. The highest BCUT2D eigenvalue weighted by molar-refractivity contribution is 6.99. The highest BCUT2D eigenvalue weighted by atomic mass is 32.1. The minimum absolute atomic E-state index is 0.144. The molecule has 0 bridgehead atoms. The van der Waals surface area contributed by atoms with Crippen LogP contribution in [0.25, 0.3) is 0 Å². The molecule has 7 nitrogen and oxygen atoms in total. The minimum Gasteiger partial charge on any atom is -0.481 e. The number of amides is 1. The van der Waals surface area contributed by atoms with Crippen LogP contribution in [0.4, 0.5) is 0 Å². The van der Waals surface area contributed by atoms with Crippen molar-refractivity contribution in [1.29, 1.82) is 0 Å². The third-order valence-electron chi connectivity index (χ3n) is 4.00. The molecule has 1 aromatic heterocycles. The van der Waals surface area contributed by atoms with Gasteiger partial charge in [0.25, 0.3) is 5.91 Å². The summed E-state index contributed by atoms with van der Waals surface area (Å²) in [6.45, 7) is 1.46. The van der Waals surface area contributed by atoms with E-state index < -0.39 is 11.4 Å². The zero-order valence-corrected chi connectivity index (χ0v) is 10.9. The molecule has 0 saturated carbocycles. The molecule has 1 amide bonds. The zero-order valence-electron chi connectivity index (χ0n) is 10.1. The van der Waals surface area contributed by atoms with Crippen LogP contribution >= 0.6 is 11.7 Å². The van der Waals surface area contributed by atoms with Gasteiger partial charge in [-0.2, -0.15) is 8.75 Å². The average Bonchev–Trinajstić information content (AvgIpc) is 3.05. The van der Waals surface area contributed by atoms with Crippen molar-refractivity contribution >= 4 is 23.6 Å². The largest absolute Gasteiger partial charge is 0.481 e. The Morgan fingerprint density at radius 1 is 1.58 bits per heavy atom. The lowest BCUT2D eigenvalue weighted by Gasteiger charge is -2.33. The van der Waals surface area contributed by atoms with Gasteiger partial charge in [-0.1, -0.05) is 0 Å². The summed E-state index contributed by atoms with van der Waals surface area (Å²) in [5.74, 6) is -1.23. The zero-order chi connectivity index (χ0) is 13.5. The molecule has 0 aromatic carbocycles. The summed E-state index contributed by atoms with van der Waals surface area (Å²) in [5.41, 5.74) is -0.581. The Morgan fingerprint density at radius 3 is 3.05 bits per heavy atom. The van der Waals surface area contributed by atoms with E-state index in [2.05, 4.69) is 8.75 Å². The van der Waals surface area contributed by atoms with Gasteiger partial charge in [0, 0.05) is 25.6 Å². The van der Waals surface area contributed by atoms with Crippen LogP contribution < -0.4 is 0 Å². The van der Waals surface area contributed by atoms with Gasteiger partial charge in [-0.3, -0.25) is 9.59 Å². The van der Waals surface area contributed by atoms with Crippen molar-refractivity contribution in [2.75, 3.05) is 26.3 Å².